The summed E-state index contributed by atoms with van der Waals surface area (Å²) < 4.78 is 12.1. The summed E-state index contributed by atoms with van der Waals surface area (Å²) in [7, 11) is 1.61. The molecular formula is C30H28N6O5. The van der Waals surface area contributed by atoms with Crippen molar-refractivity contribution in [3.8, 4) is 22.9 Å². The molecule has 208 valence electrons. The van der Waals surface area contributed by atoms with Crippen molar-refractivity contribution < 1.29 is 23.9 Å². The van der Waals surface area contributed by atoms with Crippen LogP contribution in [0.4, 0.5) is 0 Å². The molecule has 0 bridgehead atoms. The number of hydrogen-bond acceptors (Lipinski definition) is 8. The number of fused-ring (bicyclic) bond motifs is 2. The molecule has 1 saturated heterocycles. The molecule has 1 spiro atoms. The monoisotopic (exact) mass is 552 g/mol. The molecule has 3 aliphatic rings. The van der Waals surface area contributed by atoms with E-state index in [1.807, 2.05) is 6.07 Å². The topological polar surface area (TPSA) is 153 Å². The third-order valence-electron chi connectivity index (χ3n) is 8.31. The quantitative estimate of drug-likeness (QED) is 0.380. The summed E-state index contributed by atoms with van der Waals surface area (Å²) in [5.74, 6) is 1.02. The number of aromatic amines is 1. The molecule has 0 atom stereocenters. The van der Waals surface area contributed by atoms with Crippen LogP contribution in [0.1, 0.15) is 75.1 Å². The van der Waals surface area contributed by atoms with Crippen molar-refractivity contribution >= 4 is 28.5 Å². The molecule has 1 aliphatic carbocycles. The van der Waals surface area contributed by atoms with Gasteiger partial charge in [-0.1, -0.05) is 6.07 Å². The Morgan fingerprint density at radius 2 is 1.90 bits per heavy atom. The lowest BCUT2D eigenvalue weighted by Gasteiger charge is -2.43. The Morgan fingerprint density at radius 1 is 1.10 bits per heavy atom. The molecule has 41 heavy (non-hydrogen) atoms. The Bertz CT molecular complexity index is 1730. The number of likely N-dealkylation sites (tertiary alicyclic amines) is 1. The Morgan fingerprint density at radius 3 is 2.61 bits per heavy atom. The van der Waals surface area contributed by atoms with Gasteiger partial charge in [0, 0.05) is 42.9 Å². The summed E-state index contributed by atoms with van der Waals surface area (Å²) in [5, 5.41) is 7.43. The third-order valence-corrected chi connectivity index (χ3v) is 8.31. The summed E-state index contributed by atoms with van der Waals surface area (Å²) in [6, 6.07) is 13.0. The van der Waals surface area contributed by atoms with Crippen LogP contribution in [0.15, 0.2) is 42.5 Å². The van der Waals surface area contributed by atoms with Crippen molar-refractivity contribution in [3.05, 3.63) is 65.1 Å². The van der Waals surface area contributed by atoms with Crippen molar-refractivity contribution in [3.63, 3.8) is 0 Å². The van der Waals surface area contributed by atoms with E-state index in [9.17, 15) is 14.4 Å². The van der Waals surface area contributed by atoms with Gasteiger partial charge < -0.3 is 20.1 Å². The summed E-state index contributed by atoms with van der Waals surface area (Å²) in [6.07, 6.45) is 3.65. The fourth-order valence-electron chi connectivity index (χ4n) is 5.85. The van der Waals surface area contributed by atoms with Crippen molar-refractivity contribution in [1.82, 2.24) is 25.1 Å². The number of Topliss-reactive ketones (excluding diaryl/α,β-unsaturated/α-hetero) is 1. The predicted octanol–water partition coefficient (Wildman–Crippen LogP) is 3.65. The Kier molecular flexibility index (Phi) is 5.77. The minimum atomic E-state index is -0.717. The summed E-state index contributed by atoms with van der Waals surface area (Å²) >= 11 is 0. The molecular weight excluding hydrogens is 524 g/mol. The number of carbonyl (C=O) groups excluding carboxylic acids is 3. The van der Waals surface area contributed by atoms with Gasteiger partial charge in [0.25, 0.3) is 11.8 Å². The highest BCUT2D eigenvalue weighted by Gasteiger charge is 2.44. The number of piperidine rings is 1. The fraction of sp³-hybridized carbons (Fsp3) is 0.333. The molecule has 2 aliphatic heterocycles. The first kappa shape index (κ1) is 25.2. The van der Waals surface area contributed by atoms with E-state index in [1.165, 1.54) is 18.4 Å². The number of ether oxygens (including phenoxy) is 2. The van der Waals surface area contributed by atoms with E-state index in [-0.39, 0.29) is 29.8 Å². The van der Waals surface area contributed by atoms with Gasteiger partial charge in [0.15, 0.2) is 11.6 Å². The minimum Gasteiger partial charge on any atom is -0.496 e. The standard InChI is InChI=1S/C30H28N6O5/c1-40-25-14-22(32-21-6-4-17(12-19(21)25)16-2-3-16)29(39)36-10-8-30(9-11-36)15-23(37)20-13-18(5-7-24(20)41-30)27-33-28(26(31)38)35-34-27/h4-7,12-14,16H,2-3,8-11,15H2,1H3,(H2,31,38)(H,33,34,35). The molecule has 11 heteroatoms. The molecule has 2 amide bonds. The Balaban J connectivity index is 1.07. The molecule has 3 N–H and O–H groups in total. The summed E-state index contributed by atoms with van der Waals surface area (Å²) in [5.41, 5.74) is 7.94. The van der Waals surface area contributed by atoms with Gasteiger partial charge in [-0.3, -0.25) is 19.5 Å². The van der Waals surface area contributed by atoms with Crippen molar-refractivity contribution in [2.75, 3.05) is 20.2 Å². The molecule has 0 unspecified atom stereocenters. The lowest BCUT2D eigenvalue weighted by Crippen LogP contribution is -2.52. The smallest absolute Gasteiger partial charge is 0.286 e. The summed E-state index contributed by atoms with van der Waals surface area (Å²) in [4.78, 5) is 48.6. The zero-order valence-electron chi connectivity index (χ0n) is 22.5. The average molecular weight is 553 g/mol. The van der Waals surface area contributed by atoms with Crippen LogP contribution in [0.5, 0.6) is 11.5 Å². The number of primary amides is 1. The molecule has 11 nitrogen and oxygen atoms in total. The molecule has 1 saturated carbocycles. The van der Waals surface area contributed by atoms with Crippen LogP contribution in [0.25, 0.3) is 22.3 Å². The summed E-state index contributed by atoms with van der Waals surface area (Å²) in [6.45, 7) is 0.879. The second-order valence-electron chi connectivity index (χ2n) is 11.0. The van der Waals surface area contributed by atoms with Crippen LogP contribution in [0.3, 0.4) is 0 Å². The van der Waals surface area contributed by atoms with Gasteiger partial charge in [0.05, 0.1) is 24.6 Å². The van der Waals surface area contributed by atoms with Gasteiger partial charge in [-0.25, -0.2) is 9.97 Å². The average Bonchev–Trinajstić information content (AvgIpc) is 3.71. The van der Waals surface area contributed by atoms with Gasteiger partial charge in [0.2, 0.25) is 5.82 Å². The highest BCUT2D eigenvalue weighted by molar-refractivity contribution is 6.01. The highest BCUT2D eigenvalue weighted by atomic mass is 16.5. The van der Waals surface area contributed by atoms with Crippen molar-refractivity contribution in [2.45, 2.75) is 43.6 Å². The Labute approximate surface area is 235 Å². The number of rotatable bonds is 5. The zero-order valence-corrected chi connectivity index (χ0v) is 22.5. The first-order chi connectivity index (χ1) is 19.8. The van der Waals surface area contributed by atoms with Gasteiger partial charge in [-0.2, -0.15) is 5.10 Å². The van der Waals surface area contributed by atoms with E-state index in [4.69, 9.17) is 15.2 Å². The maximum atomic E-state index is 13.5. The number of nitrogens with zero attached hydrogens (tertiary/aromatic N) is 4. The van der Waals surface area contributed by atoms with Gasteiger partial charge >= 0.3 is 0 Å². The van der Waals surface area contributed by atoms with E-state index in [0.29, 0.717) is 60.2 Å². The number of aromatic nitrogens is 4. The molecule has 4 heterocycles. The van der Waals surface area contributed by atoms with Crippen molar-refractivity contribution in [2.24, 2.45) is 5.73 Å². The zero-order chi connectivity index (χ0) is 28.3. The van der Waals surface area contributed by atoms with Crippen molar-refractivity contribution in [1.29, 1.82) is 0 Å². The number of benzene rings is 2. The second-order valence-corrected chi connectivity index (χ2v) is 11.0. The molecule has 2 aromatic carbocycles. The number of nitrogens with two attached hydrogens (primary N) is 1. The number of carbonyl (C=O) groups is 3. The SMILES string of the molecule is COc1cc(C(=O)N2CCC3(CC2)CC(=O)c2cc(-c4n[nH]c(C(N)=O)n4)ccc2O3)nc2ccc(C3CC3)cc12. The number of hydrogen-bond donors (Lipinski definition) is 2. The molecule has 2 aromatic heterocycles. The lowest BCUT2D eigenvalue weighted by atomic mass is 9.82. The maximum absolute atomic E-state index is 13.5. The molecule has 2 fully saturated rings. The van der Waals surface area contributed by atoms with E-state index in [1.54, 1.807) is 36.3 Å². The van der Waals surface area contributed by atoms with E-state index < -0.39 is 11.5 Å². The lowest BCUT2D eigenvalue weighted by molar-refractivity contribution is -0.00584. The van der Waals surface area contributed by atoms with Crippen LogP contribution < -0.4 is 15.2 Å². The first-order valence-corrected chi connectivity index (χ1v) is 13.7. The van der Waals surface area contributed by atoms with E-state index in [0.717, 1.165) is 10.9 Å². The van der Waals surface area contributed by atoms with Crippen LogP contribution in [0, 0.1) is 0 Å². The predicted molar refractivity (Wildman–Crippen MR) is 148 cm³/mol. The molecule has 0 radical (unpaired) electrons. The fourth-order valence-corrected chi connectivity index (χ4v) is 5.85. The number of H-pyrrole nitrogens is 1. The van der Waals surface area contributed by atoms with Crippen LogP contribution >= 0.6 is 0 Å². The third kappa shape index (κ3) is 4.47. The first-order valence-electron chi connectivity index (χ1n) is 13.7. The minimum absolute atomic E-state index is 0.0509. The van der Waals surface area contributed by atoms with Gasteiger partial charge in [-0.15, -0.1) is 0 Å². The Hall–Kier alpha value is -4.80. The number of pyridine rings is 1. The van der Waals surface area contributed by atoms with E-state index >= 15 is 0 Å². The van der Waals surface area contributed by atoms with E-state index in [2.05, 4.69) is 32.3 Å². The number of ketones is 1. The molecule has 4 aromatic rings. The van der Waals surface area contributed by atoms with Gasteiger partial charge in [0.1, 0.15) is 22.8 Å². The number of amides is 2. The molecule has 7 rings (SSSR count). The number of nitrogens with one attached hydrogen (secondary N) is 1. The number of methoxy groups -OCH3 is 1. The van der Waals surface area contributed by atoms with Gasteiger partial charge in [-0.05, 0) is 54.7 Å². The largest absolute Gasteiger partial charge is 0.496 e. The van der Waals surface area contributed by atoms with Crippen LogP contribution in [0.2, 0.25) is 0 Å². The van der Waals surface area contributed by atoms with Crippen LogP contribution in [-0.4, -0.2) is 68.5 Å². The van der Waals surface area contributed by atoms with Crippen LogP contribution in [-0.2, 0) is 0 Å². The highest BCUT2D eigenvalue weighted by Crippen LogP contribution is 2.43. The maximum Gasteiger partial charge on any atom is 0.286 e. The normalized spacial score (nSPS) is 17.8. The second kappa shape index (κ2) is 9.39.